The fourth-order valence-electron chi connectivity index (χ4n) is 4.41. The lowest BCUT2D eigenvalue weighted by molar-refractivity contribution is -0.117. The molecule has 32 heavy (non-hydrogen) atoms. The van der Waals surface area contributed by atoms with E-state index in [0.717, 1.165) is 61.5 Å². The summed E-state index contributed by atoms with van der Waals surface area (Å²) in [4.78, 5) is 27.7. The highest BCUT2D eigenvalue weighted by atomic mass is 16.2. The topological polar surface area (TPSA) is 67.2 Å². The maximum absolute atomic E-state index is 12.8. The zero-order valence-electron chi connectivity index (χ0n) is 18.1. The number of para-hydroxylation sites is 1. The second kappa shape index (κ2) is 9.09. The number of aromatic nitrogens is 2. The van der Waals surface area contributed by atoms with E-state index in [-0.39, 0.29) is 17.6 Å². The number of ketones is 1. The number of benzene rings is 2. The van der Waals surface area contributed by atoms with Crippen LogP contribution in [0.3, 0.4) is 0 Å². The van der Waals surface area contributed by atoms with Gasteiger partial charge in [-0.1, -0.05) is 48.5 Å². The minimum absolute atomic E-state index is 0.0392. The first-order chi connectivity index (χ1) is 15.7. The van der Waals surface area contributed by atoms with Crippen LogP contribution in [0.25, 0.3) is 5.69 Å². The molecule has 2 fully saturated rings. The van der Waals surface area contributed by atoms with Crippen LogP contribution in [0.15, 0.2) is 66.7 Å². The highest BCUT2D eigenvalue weighted by Crippen LogP contribution is 2.40. The van der Waals surface area contributed by atoms with Gasteiger partial charge in [0.2, 0.25) is 5.91 Å². The first-order valence-corrected chi connectivity index (χ1v) is 11.4. The molecule has 6 nitrogen and oxygen atoms in total. The summed E-state index contributed by atoms with van der Waals surface area (Å²) in [5.74, 6) is 1.44. The van der Waals surface area contributed by atoms with Crippen molar-refractivity contribution in [3.05, 3.63) is 78.0 Å². The smallest absolute Gasteiger partial charge is 0.239 e. The van der Waals surface area contributed by atoms with Gasteiger partial charge in [0.05, 0.1) is 17.9 Å². The van der Waals surface area contributed by atoms with E-state index in [0.29, 0.717) is 12.5 Å². The van der Waals surface area contributed by atoms with E-state index in [4.69, 9.17) is 5.10 Å². The molecule has 0 radical (unpaired) electrons. The Morgan fingerprint density at radius 2 is 1.56 bits per heavy atom. The Bertz CT molecular complexity index is 1080. The van der Waals surface area contributed by atoms with Gasteiger partial charge in [0.25, 0.3) is 0 Å². The Morgan fingerprint density at radius 1 is 0.906 bits per heavy atom. The molecule has 5 rings (SSSR count). The fourth-order valence-corrected chi connectivity index (χ4v) is 4.41. The molecule has 2 aromatic carbocycles. The van der Waals surface area contributed by atoms with Gasteiger partial charge in [-0.3, -0.25) is 14.5 Å². The van der Waals surface area contributed by atoms with Crippen molar-refractivity contribution in [3.8, 4) is 5.69 Å². The Morgan fingerprint density at radius 3 is 2.22 bits per heavy atom. The van der Waals surface area contributed by atoms with Gasteiger partial charge in [-0.15, -0.1) is 0 Å². The summed E-state index contributed by atoms with van der Waals surface area (Å²) in [6.07, 6.45) is 3.90. The zero-order valence-corrected chi connectivity index (χ0v) is 18.1. The molecule has 6 heteroatoms. The maximum atomic E-state index is 12.8. The summed E-state index contributed by atoms with van der Waals surface area (Å²) in [5, 5.41) is 7.82. The highest BCUT2D eigenvalue weighted by molar-refractivity contribution is 5.98. The number of carbonyl (C=O) groups excluding carboxylic acids is 2. The molecular weight excluding hydrogens is 400 g/mol. The second-order valence-corrected chi connectivity index (χ2v) is 8.80. The maximum Gasteiger partial charge on any atom is 0.239 e. The molecule has 164 valence electrons. The molecule has 0 bridgehead atoms. The van der Waals surface area contributed by atoms with E-state index in [2.05, 4.69) is 10.2 Å². The summed E-state index contributed by atoms with van der Waals surface area (Å²) >= 11 is 0. The van der Waals surface area contributed by atoms with Crippen molar-refractivity contribution in [2.45, 2.75) is 31.6 Å². The van der Waals surface area contributed by atoms with E-state index in [1.165, 1.54) is 0 Å². The predicted octanol–water partition coefficient (Wildman–Crippen LogP) is 4.28. The number of piperidine rings is 1. The number of anilines is 1. The highest BCUT2D eigenvalue weighted by Gasteiger charge is 2.29. The summed E-state index contributed by atoms with van der Waals surface area (Å²) in [5.41, 5.74) is 2.77. The average Bonchev–Trinajstić information content (AvgIpc) is 3.61. The minimum atomic E-state index is -0.0442. The first kappa shape index (κ1) is 20.6. The SMILES string of the molecule is O=C(CN1CCC(C(=O)c2ccccc2)CC1)Nc1cc(C2CC2)nn1-c1ccccc1. The fraction of sp³-hybridized carbons (Fsp3) is 0.346. The molecular formula is C26H28N4O2. The van der Waals surface area contributed by atoms with Crippen molar-refractivity contribution in [2.75, 3.05) is 25.0 Å². The van der Waals surface area contributed by atoms with Gasteiger partial charge in [-0.2, -0.15) is 5.10 Å². The van der Waals surface area contributed by atoms with Gasteiger partial charge in [0.15, 0.2) is 5.78 Å². The van der Waals surface area contributed by atoms with Crippen LogP contribution in [0.2, 0.25) is 0 Å². The minimum Gasteiger partial charge on any atom is -0.309 e. The van der Waals surface area contributed by atoms with Gasteiger partial charge in [0, 0.05) is 23.5 Å². The Kier molecular flexibility index (Phi) is 5.86. The third kappa shape index (κ3) is 4.65. The summed E-state index contributed by atoms with van der Waals surface area (Å²) in [6.45, 7) is 1.83. The van der Waals surface area contributed by atoms with Crippen molar-refractivity contribution >= 4 is 17.5 Å². The lowest BCUT2D eigenvalue weighted by Gasteiger charge is -2.30. The van der Waals surface area contributed by atoms with Crippen LogP contribution in [0.4, 0.5) is 5.82 Å². The Balaban J connectivity index is 1.19. The van der Waals surface area contributed by atoms with Crippen LogP contribution in [0, 0.1) is 5.92 Å². The number of Topliss-reactive ketones (excluding diaryl/α,β-unsaturated/α-hetero) is 1. The molecule has 0 unspecified atom stereocenters. The first-order valence-electron chi connectivity index (χ1n) is 11.4. The van der Waals surface area contributed by atoms with Gasteiger partial charge < -0.3 is 5.32 Å². The Labute approximate surface area is 188 Å². The molecule has 2 aliphatic rings. The third-order valence-electron chi connectivity index (χ3n) is 6.38. The summed E-state index contributed by atoms with van der Waals surface area (Å²) < 4.78 is 1.83. The number of hydrogen-bond acceptors (Lipinski definition) is 4. The van der Waals surface area contributed by atoms with Crippen molar-refractivity contribution in [3.63, 3.8) is 0 Å². The van der Waals surface area contributed by atoms with Crippen molar-refractivity contribution in [1.29, 1.82) is 0 Å². The third-order valence-corrected chi connectivity index (χ3v) is 6.38. The van der Waals surface area contributed by atoms with E-state index >= 15 is 0 Å². The number of nitrogens with zero attached hydrogens (tertiary/aromatic N) is 3. The molecule has 1 N–H and O–H groups in total. The van der Waals surface area contributed by atoms with Gasteiger partial charge in [-0.25, -0.2) is 4.68 Å². The number of hydrogen-bond donors (Lipinski definition) is 1. The number of nitrogens with one attached hydrogen (secondary N) is 1. The largest absolute Gasteiger partial charge is 0.309 e. The molecule has 0 spiro atoms. The molecule has 3 aromatic rings. The number of rotatable bonds is 7. The zero-order chi connectivity index (χ0) is 21.9. The van der Waals surface area contributed by atoms with E-state index in [1.54, 1.807) is 0 Å². The van der Waals surface area contributed by atoms with Gasteiger partial charge in [0.1, 0.15) is 5.82 Å². The average molecular weight is 429 g/mol. The van der Waals surface area contributed by atoms with E-state index in [9.17, 15) is 9.59 Å². The van der Waals surface area contributed by atoms with Crippen molar-refractivity contribution in [1.82, 2.24) is 14.7 Å². The quantitative estimate of drug-likeness (QED) is 0.571. The normalized spacial score (nSPS) is 17.2. The molecule has 1 saturated heterocycles. The van der Waals surface area contributed by atoms with Crippen LogP contribution >= 0.6 is 0 Å². The molecule has 1 aromatic heterocycles. The van der Waals surface area contributed by atoms with Crippen LogP contribution in [-0.2, 0) is 4.79 Å². The summed E-state index contributed by atoms with van der Waals surface area (Å²) in [6, 6.07) is 21.4. The van der Waals surface area contributed by atoms with Gasteiger partial charge in [-0.05, 0) is 50.9 Å². The Hall–Kier alpha value is -3.25. The molecule has 1 amide bonds. The molecule has 1 aliphatic carbocycles. The van der Waals surface area contributed by atoms with Crippen LogP contribution < -0.4 is 5.32 Å². The van der Waals surface area contributed by atoms with Crippen LogP contribution in [0.5, 0.6) is 0 Å². The van der Waals surface area contributed by atoms with Crippen LogP contribution in [-0.4, -0.2) is 46.0 Å². The molecule has 2 heterocycles. The molecule has 1 aliphatic heterocycles. The monoisotopic (exact) mass is 428 g/mol. The van der Waals surface area contributed by atoms with Gasteiger partial charge >= 0.3 is 0 Å². The van der Waals surface area contributed by atoms with E-state index in [1.807, 2.05) is 71.4 Å². The lowest BCUT2D eigenvalue weighted by atomic mass is 9.89. The lowest BCUT2D eigenvalue weighted by Crippen LogP contribution is -2.41. The number of amides is 1. The van der Waals surface area contributed by atoms with Crippen LogP contribution in [0.1, 0.15) is 47.7 Å². The van der Waals surface area contributed by atoms with E-state index < -0.39 is 0 Å². The second-order valence-electron chi connectivity index (χ2n) is 8.80. The number of likely N-dealkylation sites (tertiary alicyclic amines) is 1. The van der Waals surface area contributed by atoms with Crippen molar-refractivity contribution < 1.29 is 9.59 Å². The predicted molar refractivity (Wildman–Crippen MR) is 124 cm³/mol. The standard InChI is InChI=1S/C26H28N4O2/c31-25(18-29-15-13-21(14-16-29)26(32)20-7-3-1-4-8-20)27-24-17-23(19-11-12-19)28-30(24)22-9-5-2-6-10-22/h1-10,17,19,21H,11-16,18H2,(H,27,31). The molecule has 1 saturated carbocycles. The molecule has 0 atom stereocenters. The summed E-state index contributed by atoms with van der Waals surface area (Å²) in [7, 11) is 0. The van der Waals surface area contributed by atoms with Crippen molar-refractivity contribution in [2.24, 2.45) is 5.92 Å². The number of carbonyl (C=O) groups is 2.